The fourth-order valence-electron chi connectivity index (χ4n) is 2.07. The van der Waals surface area contributed by atoms with Gasteiger partial charge in [0.1, 0.15) is 5.78 Å². The van der Waals surface area contributed by atoms with Crippen LogP contribution >= 0.6 is 0 Å². The molecule has 1 unspecified atom stereocenters. The number of hydrogen-bond acceptors (Lipinski definition) is 3. The van der Waals surface area contributed by atoms with Gasteiger partial charge in [-0.05, 0) is 36.5 Å². The minimum atomic E-state index is -0.436. The highest BCUT2D eigenvalue weighted by molar-refractivity contribution is 5.81. The highest BCUT2D eigenvalue weighted by Gasteiger charge is 2.29. The molecule has 1 aromatic rings. The van der Waals surface area contributed by atoms with Gasteiger partial charge in [0.2, 0.25) is 0 Å². The van der Waals surface area contributed by atoms with E-state index in [4.69, 9.17) is 10.5 Å². The van der Waals surface area contributed by atoms with Crippen LogP contribution in [0.1, 0.15) is 24.8 Å². The summed E-state index contributed by atoms with van der Waals surface area (Å²) in [4.78, 5) is 11.8. The lowest BCUT2D eigenvalue weighted by molar-refractivity contribution is -0.118. The molecule has 1 aromatic carbocycles. The summed E-state index contributed by atoms with van der Waals surface area (Å²) in [6, 6.07) is 4.57. The number of nitrogens with two attached hydrogens (primary N) is 1. The Morgan fingerprint density at radius 3 is 2.83 bits per heavy atom. The molecule has 0 radical (unpaired) electrons. The smallest absolute Gasteiger partial charge is 0.165 e. The maximum absolute atomic E-state index is 13.4. The van der Waals surface area contributed by atoms with E-state index < -0.39 is 5.82 Å². The zero-order valence-electron chi connectivity index (χ0n) is 10.5. The summed E-state index contributed by atoms with van der Waals surface area (Å²) in [5.41, 5.74) is 6.56. The van der Waals surface area contributed by atoms with Crippen molar-refractivity contribution in [3.63, 3.8) is 0 Å². The van der Waals surface area contributed by atoms with Crippen molar-refractivity contribution in [1.29, 1.82) is 0 Å². The Balaban J connectivity index is 1.91. The highest BCUT2D eigenvalue weighted by Crippen LogP contribution is 2.33. The molecule has 98 valence electrons. The SMILES string of the molecule is COc1ccc(CC(=O)CC(N)C2CC2)cc1F. The summed E-state index contributed by atoms with van der Waals surface area (Å²) < 4.78 is 18.3. The summed E-state index contributed by atoms with van der Waals surface area (Å²) in [5, 5.41) is 0. The lowest BCUT2D eigenvalue weighted by Gasteiger charge is -2.09. The van der Waals surface area contributed by atoms with E-state index >= 15 is 0 Å². The van der Waals surface area contributed by atoms with Crippen molar-refractivity contribution < 1.29 is 13.9 Å². The van der Waals surface area contributed by atoms with E-state index in [1.54, 1.807) is 12.1 Å². The quantitative estimate of drug-likeness (QED) is 0.842. The Labute approximate surface area is 106 Å². The fraction of sp³-hybridized carbons (Fsp3) is 0.500. The Kier molecular flexibility index (Phi) is 3.97. The molecule has 1 fully saturated rings. The average Bonchev–Trinajstić information content (AvgIpc) is 3.12. The second kappa shape index (κ2) is 5.48. The number of Topliss-reactive ketones (excluding diaryl/α,β-unsaturated/α-hetero) is 1. The number of carbonyl (C=O) groups is 1. The largest absolute Gasteiger partial charge is 0.494 e. The number of ketones is 1. The molecule has 4 heteroatoms. The first-order chi connectivity index (χ1) is 8.60. The normalized spacial score (nSPS) is 16.4. The predicted molar refractivity (Wildman–Crippen MR) is 67.0 cm³/mol. The predicted octanol–water partition coefficient (Wildman–Crippen LogP) is 2.07. The van der Waals surface area contributed by atoms with Gasteiger partial charge >= 0.3 is 0 Å². The standard InChI is InChI=1S/C14H18FNO2/c1-18-14-5-2-9(7-12(14)15)6-11(17)8-13(16)10-3-4-10/h2,5,7,10,13H,3-4,6,8,16H2,1H3. The number of ether oxygens (including phenoxy) is 1. The molecule has 18 heavy (non-hydrogen) atoms. The van der Waals surface area contributed by atoms with E-state index in [1.165, 1.54) is 13.2 Å². The molecule has 3 nitrogen and oxygen atoms in total. The van der Waals surface area contributed by atoms with Gasteiger partial charge in [0, 0.05) is 18.9 Å². The van der Waals surface area contributed by atoms with E-state index in [0.717, 1.165) is 12.8 Å². The Bertz CT molecular complexity index is 443. The molecule has 1 aliphatic rings. The van der Waals surface area contributed by atoms with Crippen LogP contribution < -0.4 is 10.5 Å². The van der Waals surface area contributed by atoms with Crippen LogP contribution in [-0.2, 0) is 11.2 Å². The van der Waals surface area contributed by atoms with Crippen LogP contribution in [0.3, 0.4) is 0 Å². The molecule has 0 saturated heterocycles. The highest BCUT2D eigenvalue weighted by atomic mass is 19.1. The fourth-order valence-corrected chi connectivity index (χ4v) is 2.07. The molecule has 2 rings (SSSR count). The van der Waals surface area contributed by atoms with Crippen LogP contribution in [0, 0.1) is 11.7 Å². The zero-order valence-corrected chi connectivity index (χ0v) is 10.5. The molecule has 0 spiro atoms. The number of methoxy groups -OCH3 is 1. The van der Waals surface area contributed by atoms with Gasteiger partial charge in [0.15, 0.2) is 11.6 Å². The van der Waals surface area contributed by atoms with E-state index in [9.17, 15) is 9.18 Å². The summed E-state index contributed by atoms with van der Waals surface area (Å²) in [6.45, 7) is 0. The van der Waals surface area contributed by atoms with Gasteiger partial charge in [-0.3, -0.25) is 4.79 Å². The van der Waals surface area contributed by atoms with Crippen LogP contribution in [0.5, 0.6) is 5.75 Å². The van der Waals surface area contributed by atoms with Crippen molar-refractivity contribution in [3.05, 3.63) is 29.6 Å². The van der Waals surface area contributed by atoms with Gasteiger partial charge in [-0.2, -0.15) is 0 Å². The first-order valence-electron chi connectivity index (χ1n) is 6.20. The van der Waals surface area contributed by atoms with Crippen LogP contribution in [0.15, 0.2) is 18.2 Å². The number of carbonyl (C=O) groups excluding carboxylic acids is 1. The number of halogens is 1. The molecule has 1 aliphatic carbocycles. The Morgan fingerprint density at radius 1 is 1.56 bits per heavy atom. The molecular weight excluding hydrogens is 233 g/mol. The molecular formula is C14H18FNO2. The van der Waals surface area contributed by atoms with Crippen molar-refractivity contribution in [1.82, 2.24) is 0 Å². The lowest BCUT2D eigenvalue weighted by Crippen LogP contribution is -2.26. The molecule has 0 heterocycles. The number of rotatable bonds is 6. The molecule has 1 saturated carbocycles. The molecule has 1 atom stereocenters. The topological polar surface area (TPSA) is 52.3 Å². The molecule has 2 N–H and O–H groups in total. The number of hydrogen-bond donors (Lipinski definition) is 1. The lowest BCUT2D eigenvalue weighted by atomic mass is 10.0. The van der Waals surface area contributed by atoms with Crippen LogP contribution in [0.2, 0.25) is 0 Å². The summed E-state index contributed by atoms with van der Waals surface area (Å²) in [5.74, 6) is 0.343. The minimum absolute atomic E-state index is 0.0272. The van der Waals surface area contributed by atoms with Gasteiger partial charge < -0.3 is 10.5 Å². The van der Waals surface area contributed by atoms with Crippen molar-refractivity contribution in [2.75, 3.05) is 7.11 Å². The summed E-state index contributed by atoms with van der Waals surface area (Å²) >= 11 is 0. The Morgan fingerprint density at radius 2 is 2.28 bits per heavy atom. The average molecular weight is 251 g/mol. The molecule has 0 amide bonds. The van der Waals surface area contributed by atoms with Gasteiger partial charge in [-0.15, -0.1) is 0 Å². The van der Waals surface area contributed by atoms with Crippen LogP contribution in [0.25, 0.3) is 0 Å². The van der Waals surface area contributed by atoms with Crippen molar-refractivity contribution in [2.45, 2.75) is 31.7 Å². The van der Waals surface area contributed by atoms with Gasteiger partial charge in [-0.1, -0.05) is 6.07 Å². The summed E-state index contributed by atoms with van der Waals surface area (Å²) in [7, 11) is 1.41. The third-order valence-corrected chi connectivity index (χ3v) is 3.31. The Hall–Kier alpha value is -1.42. The maximum Gasteiger partial charge on any atom is 0.165 e. The third kappa shape index (κ3) is 3.29. The number of benzene rings is 1. The van der Waals surface area contributed by atoms with Gasteiger partial charge in [-0.25, -0.2) is 4.39 Å². The molecule has 0 bridgehead atoms. The van der Waals surface area contributed by atoms with Gasteiger partial charge in [0.05, 0.1) is 7.11 Å². The second-order valence-electron chi connectivity index (χ2n) is 4.89. The van der Waals surface area contributed by atoms with Crippen molar-refractivity contribution in [2.24, 2.45) is 11.7 Å². The second-order valence-corrected chi connectivity index (χ2v) is 4.89. The molecule has 0 aliphatic heterocycles. The maximum atomic E-state index is 13.4. The summed E-state index contributed by atoms with van der Waals surface area (Å²) in [6.07, 6.45) is 2.89. The molecule has 0 aromatic heterocycles. The monoisotopic (exact) mass is 251 g/mol. The van der Waals surface area contributed by atoms with Crippen LogP contribution in [0.4, 0.5) is 4.39 Å². The van der Waals surface area contributed by atoms with E-state index in [-0.39, 0.29) is 24.0 Å². The van der Waals surface area contributed by atoms with E-state index in [0.29, 0.717) is 17.9 Å². The minimum Gasteiger partial charge on any atom is -0.494 e. The third-order valence-electron chi connectivity index (χ3n) is 3.31. The van der Waals surface area contributed by atoms with Crippen molar-refractivity contribution in [3.8, 4) is 5.75 Å². The van der Waals surface area contributed by atoms with Crippen molar-refractivity contribution >= 4 is 5.78 Å². The zero-order chi connectivity index (χ0) is 13.1. The van der Waals surface area contributed by atoms with Gasteiger partial charge in [0.25, 0.3) is 0 Å². The first-order valence-corrected chi connectivity index (χ1v) is 6.20. The first kappa shape index (κ1) is 13.0. The van der Waals surface area contributed by atoms with E-state index in [2.05, 4.69) is 0 Å². The van der Waals surface area contributed by atoms with E-state index in [1.807, 2.05) is 0 Å². The van der Waals surface area contributed by atoms with Crippen LogP contribution in [-0.4, -0.2) is 18.9 Å².